The molecule has 2 aliphatic heterocycles. The van der Waals surface area contributed by atoms with E-state index in [4.69, 9.17) is 9.47 Å². The highest BCUT2D eigenvalue weighted by atomic mass is 32.2. The van der Waals surface area contributed by atoms with Crippen molar-refractivity contribution in [2.75, 3.05) is 6.61 Å². The molecule has 0 radical (unpaired) electrons. The predicted octanol–water partition coefficient (Wildman–Crippen LogP) is 2.28. The summed E-state index contributed by atoms with van der Waals surface area (Å²) in [6, 6.07) is 10.9. The first kappa shape index (κ1) is 29.3. The van der Waals surface area contributed by atoms with Gasteiger partial charge < -0.3 is 19.0 Å². The maximum absolute atomic E-state index is 13.0. The summed E-state index contributed by atoms with van der Waals surface area (Å²) in [5.74, 6) is -3.57. The molecule has 218 valence electrons. The molecule has 41 heavy (non-hydrogen) atoms. The highest BCUT2D eigenvalue weighted by molar-refractivity contribution is 7.87. The fourth-order valence-corrected chi connectivity index (χ4v) is 4.61. The second-order valence-corrected chi connectivity index (χ2v) is 10.3. The number of para-hydroxylation sites is 1. The molecule has 17 heteroatoms. The minimum Gasteiger partial charge on any atom is -0.484 e. The number of amides is 2. The highest BCUT2D eigenvalue weighted by Gasteiger charge is 2.56. The molecule has 0 aliphatic carbocycles. The van der Waals surface area contributed by atoms with Crippen LogP contribution in [0.25, 0.3) is 0 Å². The van der Waals surface area contributed by atoms with Gasteiger partial charge in [0.1, 0.15) is 18.4 Å². The Balaban J connectivity index is 1.51. The average Bonchev–Trinajstić information content (AvgIpc) is 2.93. The van der Waals surface area contributed by atoms with Crippen LogP contribution in [-0.4, -0.2) is 60.2 Å². The Labute approximate surface area is 229 Å². The van der Waals surface area contributed by atoms with Crippen molar-refractivity contribution in [1.82, 2.24) is 10.2 Å². The number of β-lactam (4-membered cyclic amide) rings is 1. The molecule has 13 nitrogen and oxygen atoms in total. The molecule has 4 rings (SSSR count). The van der Waals surface area contributed by atoms with Crippen molar-refractivity contribution in [3.63, 3.8) is 0 Å². The number of alkyl halides is 3. The van der Waals surface area contributed by atoms with Crippen molar-refractivity contribution >= 4 is 33.6 Å². The van der Waals surface area contributed by atoms with E-state index in [0.29, 0.717) is 10.6 Å². The van der Waals surface area contributed by atoms with Gasteiger partial charge in [-0.25, -0.2) is 4.79 Å². The van der Waals surface area contributed by atoms with Crippen molar-refractivity contribution in [2.24, 2.45) is 0 Å². The molecular weight excluding hydrogens is 579 g/mol. The van der Waals surface area contributed by atoms with E-state index in [1.807, 2.05) is 0 Å². The lowest BCUT2D eigenvalue weighted by Crippen LogP contribution is -2.72. The summed E-state index contributed by atoms with van der Waals surface area (Å²) in [6.45, 7) is -0.984. The first-order chi connectivity index (χ1) is 19.3. The number of hydrogen-bond acceptors (Lipinski definition) is 10. The minimum atomic E-state index is -6.20. The molecule has 1 fully saturated rings. The number of nitro groups is 1. The number of nitro benzene ring substituents is 1. The zero-order valence-electron chi connectivity index (χ0n) is 20.7. The monoisotopic (exact) mass is 599 g/mol. The van der Waals surface area contributed by atoms with Crippen LogP contribution in [0.1, 0.15) is 18.4 Å². The number of fused-ring (bicyclic) bond motifs is 1. The number of carbonyl (C=O) groups excluding carboxylic acids is 3. The maximum Gasteiger partial charge on any atom is 0.534 e. The molecule has 1 N–H and O–H groups in total. The summed E-state index contributed by atoms with van der Waals surface area (Å²) in [4.78, 5) is 49.1. The van der Waals surface area contributed by atoms with Crippen molar-refractivity contribution in [1.29, 1.82) is 0 Å². The van der Waals surface area contributed by atoms with Gasteiger partial charge in [0.2, 0.25) is 0 Å². The molecule has 0 unspecified atom stereocenters. The van der Waals surface area contributed by atoms with Crippen LogP contribution in [0.3, 0.4) is 0 Å². The largest absolute Gasteiger partial charge is 0.534 e. The molecule has 2 atom stereocenters. The quantitative estimate of drug-likeness (QED) is 0.107. The molecule has 0 spiro atoms. The van der Waals surface area contributed by atoms with Gasteiger partial charge in [-0.05, 0) is 36.2 Å². The molecule has 0 aromatic heterocycles. The van der Waals surface area contributed by atoms with E-state index in [1.165, 1.54) is 12.1 Å². The standard InChI is InChI=1S/C24H20F3N3O10S/c25-24(26,27)41(36,37)40-18-11-10-17-20(28-19(31)13-38-16-4-2-1-3-5-16)22(32)29(17)21(18)23(33)39-12-14-6-8-15(9-7-14)30(34)35/h1-9,17,20H,10-13H2,(H,28,31)/t17-,20+/m1/s1. The topological polar surface area (TPSA) is 171 Å². The Kier molecular flexibility index (Phi) is 8.18. The molecule has 0 bridgehead atoms. The van der Waals surface area contributed by atoms with Crippen LogP contribution in [0, 0.1) is 10.1 Å². The fraction of sp³-hybridized carbons (Fsp3) is 0.292. The lowest BCUT2D eigenvalue weighted by Gasteiger charge is -2.49. The minimum absolute atomic E-state index is 0.155. The van der Waals surface area contributed by atoms with E-state index in [2.05, 4.69) is 9.50 Å². The molecule has 2 heterocycles. The van der Waals surface area contributed by atoms with Crippen LogP contribution in [0.2, 0.25) is 0 Å². The number of rotatable bonds is 10. The van der Waals surface area contributed by atoms with Crippen molar-refractivity contribution in [3.05, 3.63) is 81.7 Å². The number of allylic oxidation sites excluding steroid dienone is 1. The average molecular weight is 599 g/mol. The molecule has 2 aromatic carbocycles. The lowest BCUT2D eigenvalue weighted by molar-refractivity contribution is -0.384. The second-order valence-electron chi connectivity index (χ2n) is 8.72. The zero-order valence-corrected chi connectivity index (χ0v) is 21.5. The zero-order chi connectivity index (χ0) is 29.9. The SMILES string of the molecule is O=C(COc1ccccc1)N[C@@H]1C(=O)N2C(C(=O)OCc3ccc([N+](=O)[O-])cc3)=C(OS(=O)(=O)C(F)(F)F)CC[C@H]12. The van der Waals surface area contributed by atoms with Gasteiger partial charge in [0.05, 0.1) is 11.0 Å². The number of nitrogens with one attached hydrogen (secondary N) is 1. The summed E-state index contributed by atoms with van der Waals surface area (Å²) in [6.07, 6.45) is -0.670. The molecule has 0 saturated carbocycles. The van der Waals surface area contributed by atoms with Crippen LogP contribution in [0.4, 0.5) is 18.9 Å². The van der Waals surface area contributed by atoms with Gasteiger partial charge in [-0.3, -0.25) is 24.6 Å². The third-order valence-corrected chi connectivity index (χ3v) is 7.01. The van der Waals surface area contributed by atoms with E-state index in [-0.39, 0.29) is 17.7 Å². The Morgan fingerprint density at radius 2 is 1.76 bits per heavy atom. The van der Waals surface area contributed by atoms with E-state index >= 15 is 0 Å². The van der Waals surface area contributed by atoms with Crippen LogP contribution in [-0.2, 0) is 40.0 Å². The third-order valence-electron chi connectivity index (χ3n) is 6.03. The Morgan fingerprint density at radius 3 is 2.37 bits per heavy atom. The van der Waals surface area contributed by atoms with Crippen LogP contribution in [0.5, 0.6) is 5.75 Å². The number of non-ortho nitro benzene ring substituents is 1. The number of benzene rings is 2. The molecular formula is C24H20F3N3O10S. The first-order valence-electron chi connectivity index (χ1n) is 11.7. The van der Waals surface area contributed by atoms with Gasteiger partial charge >= 0.3 is 21.6 Å². The highest BCUT2D eigenvalue weighted by Crippen LogP contribution is 2.40. The van der Waals surface area contributed by atoms with Gasteiger partial charge in [0.25, 0.3) is 17.5 Å². The van der Waals surface area contributed by atoms with E-state index in [9.17, 15) is 46.1 Å². The molecule has 1 saturated heterocycles. The summed E-state index contributed by atoms with van der Waals surface area (Å²) in [5, 5.41) is 13.2. The summed E-state index contributed by atoms with van der Waals surface area (Å²) < 4.78 is 77.0. The number of nitrogens with zero attached hydrogens (tertiary/aromatic N) is 2. The van der Waals surface area contributed by atoms with E-state index in [0.717, 1.165) is 12.1 Å². The molecule has 2 aromatic rings. The number of ether oxygens (including phenoxy) is 2. The second kappa shape index (κ2) is 11.4. The van der Waals surface area contributed by atoms with Gasteiger partial charge in [-0.2, -0.15) is 21.6 Å². The van der Waals surface area contributed by atoms with Crippen molar-refractivity contribution in [3.8, 4) is 5.75 Å². The smallest absolute Gasteiger partial charge is 0.484 e. The number of esters is 1. The number of hydrogen-bond donors (Lipinski definition) is 1. The normalized spacial score (nSPS) is 18.6. The van der Waals surface area contributed by atoms with E-state index < -0.39 is 81.5 Å². The third kappa shape index (κ3) is 6.40. The van der Waals surface area contributed by atoms with Crippen LogP contribution in [0.15, 0.2) is 66.1 Å². The maximum atomic E-state index is 13.0. The number of halogens is 3. The van der Waals surface area contributed by atoms with Crippen molar-refractivity contribution < 1.29 is 54.6 Å². The molecule has 2 amide bonds. The first-order valence-corrected chi connectivity index (χ1v) is 13.1. The summed E-state index contributed by atoms with van der Waals surface area (Å²) in [5.41, 5.74) is -6.69. The number of carbonyl (C=O) groups is 3. The van der Waals surface area contributed by atoms with Gasteiger partial charge in [0, 0.05) is 18.6 Å². The summed E-state index contributed by atoms with van der Waals surface area (Å²) >= 11 is 0. The molecule has 2 aliphatic rings. The lowest BCUT2D eigenvalue weighted by atomic mass is 9.86. The van der Waals surface area contributed by atoms with Gasteiger partial charge in [0.15, 0.2) is 18.1 Å². The van der Waals surface area contributed by atoms with E-state index in [1.54, 1.807) is 30.3 Å². The van der Waals surface area contributed by atoms with Crippen molar-refractivity contribution in [2.45, 2.75) is 37.0 Å². The fourth-order valence-electron chi connectivity index (χ4n) is 4.09. The predicted molar refractivity (Wildman–Crippen MR) is 130 cm³/mol. The summed E-state index contributed by atoms with van der Waals surface area (Å²) in [7, 11) is -6.20. The van der Waals surface area contributed by atoms with Gasteiger partial charge in [-0.15, -0.1) is 0 Å². The van der Waals surface area contributed by atoms with Crippen LogP contribution >= 0.6 is 0 Å². The van der Waals surface area contributed by atoms with Gasteiger partial charge in [-0.1, -0.05) is 18.2 Å². The Morgan fingerprint density at radius 1 is 1.10 bits per heavy atom. The Bertz CT molecular complexity index is 1500. The van der Waals surface area contributed by atoms with Crippen LogP contribution < -0.4 is 10.1 Å². The Hall–Kier alpha value is -4.67.